The van der Waals surface area contributed by atoms with Gasteiger partial charge in [-0.05, 0) is 45.2 Å². The van der Waals surface area contributed by atoms with E-state index in [2.05, 4.69) is 59.9 Å². The van der Waals surface area contributed by atoms with E-state index in [4.69, 9.17) is 0 Å². The number of H-pyrrole nitrogens is 1. The third-order valence-corrected chi connectivity index (χ3v) is 2.91. The zero-order valence-corrected chi connectivity index (χ0v) is 11.2. The van der Waals surface area contributed by atoms with Gasteiger partial charge in [0.15, 0.2) is 3.83 Å². The summed E-state index contributed by atoms with van der Waals surface area (Å²) >= 11 is 4.25. The number of hydrogen-bond donors (Lipinski definition) is 1. The third kappa shape index (κ3) is 3.41. The summed E-state index contributed by atoms with van der Waals surface area (Å²) in [5, 5.41) is 0. The second-order valence-corrected chi connectivity index (χ2v) is 4.42. The second kappa shape index (κ2) is 5.13. The van der Waals surface area contributed by atoms with Crippen LogP contribution in [0.4, 0.5) is 0 Å². The summed E-state index contributed by atoms with van der Waals surface area (Å²) in [6.07, 6.45) is 1.05. The summed E-state index contributed by atoms with van der Waals surface area (Å²) in [6, 6.07) is 0. The molecule has 1 N–H and O–H groups in total. The van der Waals surface area contributed by atoms with Gasteiger partial charge in [0, 0.05) is 12.1 Å². The van der Waals surface area contributed by atoms with E-state index < -0.39 is 0 Å². The lowest BCUT2D eigenvalue weighted by atomic mass is 10.2. The lowest BCUT2D eigenvalue weighted by molar-refractivity contribution is -0.140. The number of halogens is 2. The van der Waals surface area contributed by atoms with E-state index in [1.54, 1.807) is 0 Å². The van der Waals surface area contributed by atoms with Crippen molar-refractivity contribution in [3.63, 3.8) is 0 Å². The normalized spacial score (nSPS) is 10.1. The lowest BCUT2D eigenvalue weighted by Gasteiger charge is -1.97. The minimum absolute atomic E-state index is 0.194. The number of carbonyl (C=O) groups is 1. The van der Waals surface area contributed by atoms with Gasteiger partial charge in [0.1, 0.15) is 3.70 Å². The van der Waals surface area contributed by atoms with Crippen molar-refractivity contribution in [3.8, 4) is 0 Å². The van der Waals surface area contributed by atoms with Crippen LogP contribution in [0.3, 0.4) is 0 Å². The van der Waals surface area contributed by atoms with Crippen molar-refractivity contribution in [1.82, 2.24) is 9.97 Å². The van der Waals surface area contributed by atoms with E-state index in [1.807, 2.05) is 0 Å². The minimum atomic E-state index is -0.194. The maximum atomic E-state index is 10.8. The zero-order chi connectivity index (χ0) is 9.84. The predicted octanol–water partition coefficient (Wildman–Crippen LogP) is 1.72. The van der Waals surface area contributed by atoms with Gasteiger partial charge in [0.05, 0.1) is 13.5 Å². The van der Waals surface area contributed by atoms with Gasteiger partial charge in [-0.15, -0.1) is 0 Å². The number of aromatic amines is 1. The number of imidazole rings is 1. The van der Waals surface area contributed by atoms with Crippen LogP contribution in [0.2, 0.25) is 0 Å². The number of hydrogen-bond acceptors (Lipinski definition) is 3. The molecule has 1 heterocycles. The number of carbonyl (C=O) groups excluding carboxylic acids is 1. The van der Waals surface area contributed by atoms with Crippen molar-refractivity contribution in [2.45, 2.75) is 12.8 Å². The highest BCUT2D eigenvalue weighted by atomic mass is 127. The Bertz CT molecular complexity index is 311. The molecule has 0 aliphatic heterocycles. The van der Waals surface area contributed by atoms with Gasteiger partial charge in [-0.1, -0.05) is 0 Å². The number of esters is 1. The molecular weight excluding hydrogens is 398 g/mol. The fourth-order valence-electron chi connectivity index (χ4n) is 0.852. The maximum Gasteiger partial charge on any atom is 0.305 e. The highest BCUT2D eigenvalue weighted by molar-refractivity contribution is 14.1. The molecule has 0 aliphatic rings. The molecule has 0 amide bonds. The zero-order valence-electron chi connectivity index (χ0n) is 6.93. The molecule has 1 aromatic heterocycles. The first-order chi connectivity index (χ1) is 6.13. The topological polar surface area (TPSA) is 55.0 Å². The van der Waals surface area contributed by atoms with Crippen LogP contribution in [0.1, 0.15) is 12.1 Å². The fraction of sp³-hybridized carbons (Fsp3) is 0.429. The van der Waals surface area contributed by atoms with Gasteiger partial charge in [-0.25, -0.2) is 4.98 Å². The van der Waals surface area contributed by atoms with Crippen LogP contribution in [0.15, 0.2) is 0 Å². The first-order valence-electron chi connectivity index (χ1n) is 3.60. The molecule has 0 saturated heterocycles. The van der Waals surface area contributed by atoms with Crippen LogP contribution in [-0.4, -0.2) is 23.0 Å². The molecule has 4 nitrogen and oxygen atoms in total. The minimum Gasteiger partial charge on any atom is -0.469 e. The Morgan fingerprint density at radius 3 is 2.77 bits per heavy atom. The summed E-state index contributed by atoms with van der Waals surface area (Å²) in [4.78, 5) is 18.1. The second-order valence-electron chi connectivity index (χ2n) is 2.37. The van der Waals surface area contributed by atoms with Gasteiger partial charge >= 0.3 is 5.97 Å². The highest BCUT2D eigenvalue weighted by Crippen LogP contribution is 2.12. The first kappa shape index (κ1) is 11.2. The number of nitrogens with zero attached hydrogens (tertiary/aromatic N) is 1. The first-order valence-corrected chi connectivity index (χ1v) is 5.76. The third-order valence-electron chi connectivity index (χ3n) is 1.51. The summed E-state index contributed by atoms with van der Waals surface area (Å²) < 4.78 is 6.31. The van der Waals surface area contributed by atoms with Crippen LogP contribution in [-0.2, 0) is 16.0 Å². The fourth-order valence-corrected chi connectivity index (χ4v) is 2.53. The van der Waals surface area contributed by atoms with E-state index in [0.717, 1.165) is 13.2 Å². The molecular formula is C7H8I2N2O2. The number of rotatable bonds is 3. The van der Waals surface area contributed by atoms with Crippen LogP contribution in [0.5, 0.6) is 0 Å². The van der Waals surface area contributed by atoms with Gasteiger partial charge in [-0.2, -0.15) is 0 Å². The summed E-state index contributed by atoms with van der Waals surface area (Å²) in [5.41, 5.74) is 0.996. The van der Waals surface area contributed by atoms with Crippen LogP contribution >= 0.6 is 45.2 Å². The van der Waals surface area contributed by atoms with Crippen molar-refractivity contribution < 1.29 is 9.53 Å². The van der Waals surface area contributed by atoms with Crippen molar-refractivity contribution in [2.75, 3.05) is 7.11 Å². The number of aryl methyl sites for hydroxylation is 1. The Labute approximate surface area is 103 Å². The molecule has 72 valence electrons. The van der Waals surface area contributed by atoms with Gasteiger partial charge < -0.3 is 9.72 Å². The smallest absolute Gasteiger partial charge is 0.305 e. The molecule has 0 fully saturated rings. The van der Waals surface area contributed by atoms with E-state index in [-0.39, 0.29) is 5.97 Å². The van der Waals surface area contributed by atoms with Crippen molar-refractivity contribution in [1.29, 1.82) is 0 Å². The Morgan fingerprint density at radius 2 is 2.31 bits per heavy atom. The summed E-state index contributed by atoms with van der Waals surface area (Å²) in [5.74, 6) is -0.194. The molecule has 13 heavy (non-hydrogen) atoms. The summed E-state index contributed by atoms with van der Waals surface area (Å²) in [6.45, 7) is 0. The average Bonchev–Trinajstić information content (AvgIpc) is 2.41. The van der Waals surface area contributed by atoms with E-state index in [1.165, 1.54) is 7.11 Å². The van der Waals surface area contributed by atoms with Gasteiger partial charge in [0.25, 0.3) is 0 Å². The van der Waals surface area contributed by atoms with E-state index in [0.29, 0.717) is 12.8 Å². The Balaban J connectivity index is 2.54. The molecule has 0 aromatic carbocycles. The standard InChI is InChI=1S/C7H8I2N2O2/c1-13-5(12)3-2-4-6(8)11-7(9)10-4/h2-3H2,1H3,(H,10,11). The van der Waals surface area contributed by atoms with Gasteiger partial charge in [0.2, 0.25) is 0 Å². The Hall–Kier alpha value is 0.140. The molecule has 0 unspecified atom stereocenters. The molecule has 1 aromatic rings. The van der Waals surface area contributed by atoms with Crippen molar-refractivity contribution in [3.05, 3.63) is 13.2 Å². The predicted molar refractivity (Wildman–Crippen MR) is 64.4 cm³/mol. The van der Waals surface area contributed by atoms with E-state index in [9.17, 15) is 4.79 Å². The SMILES string of the molecule is COC(=O)CCc1[nH]c(I)nc1I. The summed E-state index contributed by atoms with van der Waals surface area (Å²) in [7, 11) is 1.39. The van der Waals surface area contributed by atoms with Gasteiger partial charge in [-0.3, -0.25) is 4.79 Å². The number of nitrogens with one attached hydrogen (secondary N) is 1. The molecule has 0 aliphatic carbocycles. The average molecular weight is 406 g/mol. The molecule has 0 bridgehead atoms. The van der Waals surface area contributed by atoms with Crippen molar-refractivity contribution >= 4 is 51.2 Å². The molecule has 0 saturated carbocycles. The van der Waals surface area contributed by atoms with Crippen LogP contribution < -0.4 is 0 Å². The molecule has 0 atom stereocenters. The Kier molecular flexibility index (Phi) is 4.42. The quantitative estimate of drug-likeness (QED) is 0.615. The van der Waals surface area contributed by atoms with Crippen molar-refractivity contribution in [2.24, 2.45) is 0 Å². The monoisotopic (exact) mass is 406 g/mol. The molecule has 6 heteroatoms. The largest absolute Gasteiger partial charge is 0.469 e. The maximum absolute atomic E-state index is 10.8. The van der Waals surface area contributed by atoms with Crippen LogP contribution in [0, 0.1) is 7.53 Å². The van der Waals surface area contributed by atoms with Crippen LogP contribution in [0.25, 0.3) is 0 Å². The highest BCUT2D eigenvalue weighted by Gasteiger charge is 2.08. The molecule has 1 rings (SSSR count). The lowest BCUT2D eigenvalue weighted by Crippen LogP contribution is -2.02. The molecule has 0 radical (unpaired) electrons. The number of aromatic nitrogens is 2. The molecule has 0 spiro atoms. The number of ether oxygens (including phenoxy) is 1. The number of methoxy groups -OCH3 is 1. The Morgan fingerprint density at radius 1 is 1.62 bits per heavy atom. The van der Waals surface area contributed by atoms with E-state index >= 15 is 0 Å².